The SMILES string of the molecule is COc1ccc(C(NC(=O)C2CCCN(C(=O)c3cccs3)C2)c2ccccc2)cc1. The van der Waals surface area contributed by atoms with E-state index in [0.717, 1.165) is 34.6 Å². The number of rotatable bonds is 6. The molecule has 0 spiro atoms. The third kappa shape index (κ3) is 4.97. The van der Waals surface area contributed by atoms with Crippen LogP contribution >= 0.6 is 11.3 Å². The Balaban J connectivity index is 1.51. The summed E-state index contributed by atoms with van der Waals surface area (Å²) in [5.41, 5.74) is 2.01. The van der Waals surface area contributed by atoms with Crippen molar-refractivity contribution in [2.45, 2.75) is 18.9 Å². The quantitative estimate of drug-likeness (QED) is 0.621. The van der Waals surface area contributed by atoms with E-state index in [9.17, 15) is 9.59 Å². The molecule has 2 amide bonds. The van der Waals surface area contributed by atoms with Crippen molar-refractivity contribution in [3.05, 3.63) is 88.1 Å². The van der Waals surface area contributed by atoms with Crippen LogP contribution in [-0.4, -0.2) is 36.9 Å². The van der Waals surface area contributed by atoms with Crippen molar-refractivity contribution in [2.75, 3.05) is 20.2 Å². The summed E-state index contributed by atoms with van der Waals surface area (Å²) < 4.78 is 5.27. The van der Waals surface area contributed by atoms with Gasteiger partial charge in [-0.2, -0.15) is 0 Å². The molecule has 3 aromatic rings. The van der Waals surface area contributed by atoms with Crippen molar-refractivity contribution in [3.8, 4) is 5.75 Å². The molecule has 160 valence electrons. The van der Waals surface area contributed by atoms with Gasteiger partial charge in [-0.05, 0) is 47.5 Å². The zero-order chi connectivity index (χ0) is 21.6. The van der Waals surface area contributed by atoms with E-state index in [1.54, 1.807) is 7.11 Å². The molecule has 2 aromatic carbocycles. The molecule has 1 N–H and O–H groups in total. The first-order valence-corrected chi connectivity index (χ1v) is 11.4. The lowest BCUT2D eigenvalue weighted by atomic mass is 9.94. The number of methoxy groups -OCH3 is 1. The van der Waals surface area contributed by atoms with Gasteiger partial charge in [0, 0.05) is 13.1 Å². The Bertz CT molecular complexity index is 1000. The summed E-state index contributed by atoms with van der Waals surface area (Å²) in [4.78, 5) is 28.5. The molecule has 1 aromatic heterocycles. The predicted octanol–water partition coefficient (Wildman–Crippen LogP) is 4.51. The fraction of sp³-hybridized carbons (Fsp3) is 0.280. The number of hydrogen-bond donors (Lipinski definition) is 1. The molecule has 1 aliphatic rings. The van der Waals surface area contributed by atoms with Crippen LogP contribution in [0.25, 0.3) is 0 Å². The van der Waals surface area contributed by atoms with Crippen molar-refractivity contribution >= 4 is 23.2 Å². The second-order valence-corrected chi connectivity index (χ2v) is 8.64. The fourth-order valence-corrected chi connectivity index (χ4v) is 4.68. The fourth-order valence-electron chi connectivity index (χ4n) is 3.99. The summed E-state index contributed by atoms with van der Waals surface area (Å²) in [6.07, 6.45) is 1.61. The number of carbonyl (C=O) groups is 2. The Morgan fingerprint density at radius 2 is 1.77 bits per heavy atom. The predicted molar refractivity (Wildman–Crippen MR) is 122 cm³/mol. The standard InChI is InChI=1S/C25H26N2O3S/c1-30-21-13-11-19(12-14-21)23(18-7-3-2-4-8-18)26-24(28)20-9-5-15-27(17-20)25(29)22-10-6-16-31-22/h2-4,6-8,10-14,16,20,23H,5,9,15,17H2,1H3,(H,26,28). The van der Waals surface area contributed by atoms with E-state index < -0.39 is 0 Å². The molecule has 0 saturated carbocycles. The molecule has 31 heavy (non-hydrogen) atoms. The lowest BCUT2D eigenvalue weighted by Crippen LogP contribution is -2.46. The Labute approximate surface area is 186 Å². The lowest BCUT2D eigenvalue weighted by molar-refractivity contribution is -0.126. The summed E-state index contributed by atoms with van der Waals surface area (Å²) >= 11 is 1.44. The van der Waals surface area contributed by atoms with Gasteiger partial charge < -0.3 is 15.0 Å². The van der Waals surface area contributed by atoms with E-state index in [1.165, 1.54) is 11.3 Å². The van der Waals surface area contributed by atoms with E-state index in [-0.39, 0.29) is 23.8 Å². The van der Waals surface area contributed by atoms with Gasteiger partial charge in [0.2, 0.25) is 5.91 Å². The molecule has 2 atom stereocenters. The van der Waals surface area contributed by atoms with Crippen molar-refractivity contribution in [1.29, 1.82) is 0 Å². The minimum Gasteiger partial charge on any atom is -0.497 e. The monoisotopic (exact) mass is 434 g/mol. The maximum absolute atomic E-state index is 13.3. The van der Waals surface area contributed by atoms with Crippen molar-refractivity contribution in [3.63, 3.8) is 0 Å². The Kier molecular flexibility index (Phi) is 6.67. The Morgan fingerprint density at radius 1 is 1.03 bits per heavy atom. The highest BCUT2D eigenvalue weighted by molar-refractivity contribution is 7.12. The average Bonchev–Trinajstić information content (AvgIpc) is 3.38. The molecule has 6 heteroatoms. The van der Waals surface area contributed by atoms with Crippen molar-refractivity contribution in [2.24, 2.45) is 5.92 Å². The smallest absolute Gasteiger partial charge is 0.263 e. The van der Waals surface area contributed by atoms with Crippen LogP contribution in [0.4, 0.5) is 0 Å². The molecular weight excluding hydrogens is 408 g/mol. The number of benzene rings is 2. The van der Waals surface area contributed by atoms with Crippen molar-refractivity contribution < 1.29 is 14.3 Å². The number of nitrogens with zero attached hydrogens (tertiary/aromatic N) is 1. The molecule has 1 aliphatic heterocycles. The number of amides is 2. The summed E-state index contributed by atoms with van der Waals surface area (Å²) in [6, 6.07) is 21.2. The molecule has 1 saturated heterocycles. The van der Waals surface area contributed by atoms with Crippen LogP contribution in [0, 0.1) is 5.92 Å². The topological polar surface area (TPSA) is 58.6 Å². The third-order valence-corrected chi connectivity index (χ3v) is 6.54. The van der Waals surface area contributed by atoms with Gasteiger partial charge in [0.1, 0.15) is 5.75 Å². The minimum atomic E-state index is -0.261. The molecule has 2 unspecified atom stereocenters. The van der Waals surface area contributed by atoms with Crippen LogP contribution in [0.15, 0.2) is 72.1 Å². The number of likely N-dealkylation sites (tertiary alicyclic amines) is 1. The normalized spacial score (nSPS) is 17.1. The van der Waals surface area contributed by atoms with Crippen LogP contribution < -0.4 is 10.1 Å². The highest BCUT2D eigenvalue weighted by atomic mass is 32.1. The summed E-state index contributed by atoms with van der Waals surface area (Å²) in [7, 11) is 1.64. The van der Waals surface area contributed by atoms with Gasteiger partial charge >= 0.3 is 0 Å². The van der Waals surface area contributed by atoms with E-state index in [2.05, 4.69) is 5.32 Å². The second-order valence-electron chi connectivity index (χ2n) is 7.69. The largest absolute Gasteiger partial charge is 0.497 e. The van der Waals surface area contributed by atoms with Gasteiger partial charge in [-0.1, -0.05) is 48.5 Å². The summed E-state index contributed by atoms with van der Waals surface area (Å²) in [6.45, 7) is 1.15. The first-order valence-electron chi connectivity index (χ1n) is 10.5. The molecule has 2 heterocycles. The van der Waals surface area contributed by atoms with Gasteiger partial charge in [-0.25, -0.2) is 0 Å². The van der Waals surface area contributed by atoms with Crippen LogP contribution in [0.3, 0.4) is 0 Å². The minimum absolute atomic E-state index is 0.0160. The zero-order valence-corrected chi connectivity index (χ0v) is 18.3. The van der Waals surface area contributed by atoms with Gasteiger partial charge in [0.25, 0.3) is 5.91 Å². The number of nitrogens with one attached hydrogen (secondary N) is 1. The molecule has 5 nitrogen and oxygen atoms in total. The van der Waals surface area contributed by atoms with E-state index in [4.69, 9.17) is 4.74 Å². The molecule has 4 rings (SSSR count). The average molecular weight is 435 g/mol. The Hall–Kier alpha value is -3.12. The zero-order valence-electron chi connectivity index (χ0n) is 17.5. The van der Waals surface area contributed by atoms with Gasteiger partial charge in [0.05, 0.1) is 23.9 Å². The van der Waals surface area contributed by atoms with Crippen LogP contribution in [0.5, 0.6) is 5.75 Å². The number of thiophene rings is 1. The molecule has 1 fully saturated rings. The highest BCUT2D eigenvalue weighted by Gasteiger charge is 2.30. The van der Waals surface area contributed by atoms with E-state index >= 15 is 0 Å². The number of carbonyl (C=O) groups excluding carboxylic acids is 2. The van der Waals surface area contributed by atoms with Crippen LogP contribution in [0.2, 0.25) is 0 Å². The van der Waals surface area contributed by atoms with Crippen molar-refractivity contribution in [1.82, 2.24) is 10.2 Å². The maximum atomic E-state index is 13.3. The third-order valence-electron chi connectivity index (χ3n) is 5.68. The maximum Gasteiger partial charge on any atom is 0.263 e. The number of hydrogen-bond acceptors (Lipinski definition) is 4. The molecule has 0 aliphatic carbocycles. The van der Waals surface area contributed by atoms with E-state index in [1.807, 2.05) is 77.0 Å². The number of ether oxygens (including phenoxy) is 1. The summed E-state index contributed by atoms with van der Waals surface area (Å²) in [5.74, 6) is 0.551. The highest BCUT2D eigenvalue weighted by Crippen LogP contribution is 2.26. The molecule has 0 radical (unpaired) electrons. The molecule has 0 bridgehead atoms. The Morgan fingerprint density at radius 3 is 2.45 bits per heavy atom. The first kappa shape index (κ1) is 21.1. The van der Waals surface area contributed by atoms with Gasteiger partial charge in [0.15, 0.2) is 0 Å². The van der Waals surface area contributed by atoms with Gasteiger partial charge in [-0.3, -0.25) is 9.59 Å². The number of piperidine rings is 1. The van der Waals surface area contributed by atoms with Crippen LogP contribution in [-0.2, 0) is 4.79 Å². The lowest BCUT2D eigenvalue weighted by Gasteiger charge is -2.33. The van der Waals surface area contributed by atoms with E-state index in [0.29, 0.717) is 13.1 Å². The second kappa shape index (κ2) is 9.79. The summed E-state index contributed by atoms with van der Waals surface area (Å²) in [5, 5.41) is 5.14. The van der Waals surface area contributed by atoms with Crippen LogP contribution in [0.1, 0.15) is 39.7 Å². The first-order chi connectivity index (χ1) is 15.2. The van der Waals surface area contributed by atoms with Gasteiger partial charge in [-0.15, -0.1) is 11.3 Å². The molecular formula is C25H26N2O3S.